The Labute approximate surface area is 123 Å². The van der Waals surface area contributed by atoms with E-state index in [0.717, 1.165) is 37.3 Å². The van der Waals surface area contributed by atoms with Gasteiger partial charge in [-0.1, -0.05) is 0 Å². The number of aryl methyl sites for hydroxylation is 2. The molecule has 1 aliphatic heterocycles. The van der Waals surface area contributed by atoms with Gasteiger partial charge >= 0.3 is 0 Å². The van der Waals surface area contributed by atoms with Crippen molar-refractivity contribution >= 4 is 11.6 Å². The van der Waals surface area contributed by atoms with Gasteiger partial charge in [0.25, 0.3) is 5.91 Å². The highest BCUT2D eigenvalue weighted by Crippen LogP contribution is 2.20. The second-order valence-corrected chi connectivity index (χ2v) is 5.45. The van der Waals surface area contributed by atoms with E-state index in [1.807, 2.05) is 17.8 Å². The van der Waals surface area contributed by atoms with E-state index in [1.54, 1.807) is 24.1 Å². The van der Waals surface area contributed by atoms with E-state index < -0.39 is 0 Å². The first-order valence-corrected chi connectivity index (χ1v) is 7.20. The maximum atomic E-state index is 12.2. The fraction of sp³-hybridized carbons (Fsp3) is 0.500. The van der Waals surface area contributed by atoms with Crippen LogP contribution in [0.5, 0.6) is 0 Å². The van der Waals surface area contributed by atoms with Gasteiger partial charge < -0.3 is 10.6 Å². The minimum Gasteiger partial charge on any atom is -0.319 e. The lowest BCUT2D eigenvalue weighted by molar-refractivity contribution is 0.102. The summed E-state index contributed by atoms with van der Waals surface area (Å²) in [5.41, 5.74) is 2.04. The zero-order valence-corrected chi connectivity index (χ0v) is 12.3. The molecule has 0 bridgehead atoms. The monoisotopic (exact) mass is 288 g/mol. The highest BCUT2D eigenvalue weighted by molar-refractivity contribution is 6.04. The van der Waals surface area contributed by atoms with E-state index in [1.165, 1.54) is 0 Å². The number of nitrogens with one attached hydrogen (secondary N) is 2. The zero-order chi connectivity index (χ0) is 14.8. The Morgan fingerprint density at radius 3 is 2.81 bits per heavy atom. The average molecular weight is 288 g/mol. The lowest BCUT2D eigenvalue weighted by Crippen LogP contribution is -2.29. The van der Waals surface area contributed by atoms with Crippen LogP contribution in [-0.4, -0.2) is 38.6 Å². The maximum Gasteiger partial charge on any atom is 0.259 e. The summed E-state index contributed by atoms with van der Waals surface area (Å²) in [7, 11) is 1.80. The van der Waals surface area contributed by atoms with Crippen molar-refractivity contribution in [1.82, 2.24) is 24.9 Å². The summed E-state index contributed by atoms with van der Waals surface area (Å²) >= 11 is 0. The molecule has 1 aliphatic rings. The predicted molar refractivity (Wildman–Crippen MR) is 79.3 cm³/mol. The van der Waals surface area contributed by atoms with Crippen molar-refractivity contribution in [3.63, 3.8) is 0 Å². The van der Waals surface area contributed by atoms with Crippen molar-refractivity contribution in [2.24, 2.45) is 7.05 Å². The molecule has 0 spiro atoms. The van der Waals surface area contributed by atoms with Crippen LogP contribution in [0.1, 0.15) is 34.9 Å². The molecule has 0 radical (unpaired) electrons. The molecular weight excluding hydrogens is 268 g/mol. The SMILES string of the molecule is Cc1nn(C)cc1C(=O)Nc1cnn(C2CCNCC2)c1. The Bertz CT molecular complexity index is 638. The van der Waals surface area contributed by atoms with E-state index in [0.29, 0.717) is 11.6 Å². The minimum atomic E-state index is -0.148. The van der Waals surface area contributed by atoms with Gasteiger partial charge in [0, 0.05) is 19.4 Å². The standard InChI is InChI=1S/C14H20N6O/c1-10-13(9-19(2)18-10)14(21)17-11-7-16-20(8-11)12-3-5-15-6-4-12/h7-9,12,15H,3-6H2,1-2H3,(H,17,21). The highest BCUT2D eigenvalue weighted by Gasteiger charge is 2.17. The number of carbonyl (C=O) groups is 1. The molecular formula is C14H20N6O. The molecule has 0 saturated carbocycles. The number of carbonyl (C=O) groups excluding carboxylic acids is 1. The number of piperidine rings is 1. The van der Waals surface area contributed by atoms with Gasteiger partial charge in [-0.3, -0.25) is 14.2 Å². The number of aromatic nitrogens is 4. The van der Waals surface area contributed by atoms with Gasteiger partial charge in [-0.25, -0.2) is 0 Å². The summed E-state index contributed by atoms with van der Waals surface area (Å²) in [6.45, 7) is 3.86. The van der Waals surface area contributed by atoms with Crippen LogP contribution in [-0.2, 0) is 7.05 Å². The summed E-state index contributed by atoms with van der Waals surface area (Å²) < 4.78 is 3.59. The fourth-order valence-electron chi connectivity index (χ4n) is 2.69. The van der Waals surface area contributed by atoms with Gasteiger partial charge in [0.2, 0.25) is 0 Å². The third kappa shape index (κ3) is 2.97. The molecule has 1 amide bonds. The molecule has 0 unspecified atom stereocenters. The third-order valence-corrected chi connectivity index (χ3v) is 3.80. The molecule has 7 nitrogen and oxygen atoms in total. The smallest absolute Gasteiger partial charge is 0.259 e. The lowest BCUT2D eigenvalue weighted by Gasteiger charge is -2.22. The van der Waals surface area contributed by atoms with Gasteiger partial charge in [0.1, 0.15) is 0 Å². The van der Waals surface area contributed by atoms with Crippen molar-refractivity contribution in [2.45, 2.75) is 25.8 Å². The maximum absolute atomic E-state index is 12.2. The van der Waals surface area contributed by atoms with Crippen molar-refractivity contribution < 1.29 is 4.79 Å². The molecule has 0 atom stereocenters. The number of rotatable bonds is 3. The van der Waals surface area contributed by atoms with Crippen molar-refractivity contribution in [3.05, 3.63) is 29.8 Å². The van der Waals surface area contributed by atoms with Crippen LogP contribution in [0.4, 0.5) is 5.69 Å². The quantitative estimate of drug-likeness (QED) is 0.887. The number of amides is 1. The van der Waals surface area contributed by atoms with Gasteiger partial charge in [0.15, 0.2) is 0 Å². The van der Waals surface area contributed by atoms with E-state index in [4.69, 9.17) is 0 Å². The summed E-state index contributed by atoms with van der Waals surface area (Å²) in [5, 5.41) is 14.8. The summed E-state index contributed by atoms with van der Waals surface area (Å²) in [4.78, 5) is 12.2. The van der Waals surface area contributed by atoms with E-state index in [9.17, 15) is 4.79 Å². The van der Waals surface area contributed by atoms with Crippen molar-refractivity contribution in [2.75, 3.05) is 18.4 Å². The summed E-state index contributed by atoms with van der Waals surface area (Å²) in [5.74, 6) is -0.148. The highest BCUT2D eigenvalue weighted by atomic mass is 16.1. The number of hydrogen-bond donors (Lipinski definition) is 2. The first-order valence-electron chi connectivity index (χ1n) is 7.20. The molecule has 0 aliphatic carbocycles. The predicted octanol–water partition coefficient (Wildman–Crippen LogP) is 1.10. The normalized spacial score (nSPS) is 16.1. The Hall–Kier alpha value is -2.15. The molecule has 112 valence electrons. The second kappa shape index (κ2) is 5.69. The van der Waals surface area contributed by atoms with E-state index >= 15 is 0 Å². The van der Waals surface area contributed by atoms with E-state index in [-0.39, 0.29) is 5.91 Å². The topological polar surface area (TPSA) is 76.8 Å². The Balaban J connectivity index is 1.69. The minimum absolute atomic E-state index is 0.148. The molecule has 3 rings (SSSR count). The Morgan fingerprint density at radius 2 is 2.14 bits per heavy atom. The van der Waals surface area contributed by atoms with Crippen LogP contribution in [0.2, 0.25) is 0 Å². The van der Waals surface area contributed by atoms with Crippen LogP contribution in [0.15, 0.2) is 18.6 Å². The van der Waals surface area contributed by atoms with Gasteiger partial charge in [-0.05, 0) is 32.9 Å². The number of nitrogens with zero attached hydrogens (tertiary/aromatic N) is 4. The third-order valence-electron chi connectivity index (χ3n) is 3.80. The summed E-state index contributed by atoms with van der Waals surface area (Å²) in [6.07, 6.45) is 7.46. The lowest BCUT2D eigenvalue weighted by atomic mass is 10.1. The first kappa shape index (κ1) is 13.8. The number of anilines is 1. The van der Waals surface area contributed by atoms with Crippen LogP contribution in [0, 0.1) is 6.92 Å². The molecule has 21 heavy (non-hydrogen) atoms. The van der Waals surface area contributed by atoms with Gasteiger partial charge in [-0.2, -0.15) is 10.2 Å². The molecule has 7 heteroatoms. The van der Waals surface area contributed by atoms with Crippen molar-refractivity contribution in [1.29, 1.82) is 0 Å². The Kier molecular flexibility index (Phi) is 3.74. The fourth-order valence-corrected chi connectivity index (χ4v) is 2.69. The van der Waals surface area contributed by atoms with Crippen molar-refractivity contribution in [3.8, 4) is 0 Å². The van der Waals surface area contributed by atoms with Crippen LogP contribution in [0.3, 0.4) is 0 Å². The largest absolute Gasteiger partial charge is 0.319 e. The molecule has 1 saturated heterocycles. The molecule has 3 heterocycles. The molecule has 1 fully saturated rings. The van der Waals surface area contributed by atoms with Gasteiger partial charge in [-0.15, -0.1) is 0 Å². The van der Waals surface area contributed by atoms with Crippen LogP contribution in [0.25, 0.3) is 0 Å². The average Bonchev–Trinajstić information content (AvgIpc) is 3.06. The molecule has 2 N–H and O–H groups in total. The summed E-state index contributed by atoms with van der Waals surface area (Å²) in [6, 6.07) is 0.414. The molecule has 2 aromatic heterocycles. The molecule has 2 aromatic rings. The van der Waals surface area contributed by atoms with Gasteiger partial charge in [0.05, 0.1) is 29.2 Å². The van der Waals surface area contributed by atoms with Crippen LogP contribution < -0.4 is 10.6 Å². The molecule has 0 aromatic carbocycles. The first-order chi connectivity index (χ1) is 10.1. The Morgan fingerprint density at radius 1 is 1.38 bits per heavy atom. The second-order valence-electron chi connectivity index (χ2n) is 5.45. The zero-order valence-electron chi connectivity index (χ0n) is 12.3. The van der Waals surface area contributed by atoms with E-state index in [2.05, 4.69) is 20.8 Å². The number of hydrogen-bond acceptors (Lipinski definition) is 4. The van der Waals surface area contributed by atoms with Crippen LogP contribution >= 0.6 is 0 Å².